The quantitative estimate of drug-likeness (QED) is 0.509. The molecule has 90 valence electrons. The van der Waals surface area contributed by atoms with Crippen LogP contribution in [0.25, 0.3) is 0 Å². The molecule has 0 aliphatic heterocycles. The Hall–Kier alpha value is -1.72. The largest absolute Gasteiger partial charge is 0.383 e. The van der Waals surface area contributed by atoms with Crippen molar-refractivity contribution in [1.29, 1.82) is 0 Å². The van der Waals surface area contributed by atoms with Crippen molar-refractivity contribution in [2.45, 2.75) is 13.0 Å². The monoisotopic (exact) mass is 255 g/mol. The molecule has 0 spiro atoms. The third-order valence-corrected chi connectivity index (χ3v) is 2.50. The highest BCUT2D eigenvalue weighted by atomic mass is 35.5. The Balaban J connectivity index is 3.28. The molecule has 0 bridgehead atoms. The van der Waals surface area contributed by atoms with Crippen molar-refractivity contribution in [1.82, 2.24) is 0 Å². The van der Waals surface area contributed by atoms with E-state index in [1.807, 2.05) is 0 Å². The van der Waals surface area contributed by atoms with Crippen molar-refractivity contribution in [2.24, 2.45) is 0 Å². The van der Waals surface area contributed by atoms with Gasteiger partial charge in [-0.2, -0.15) is 0 Å². The number of nitro groups is 1. The van der Waals surface area contributed by atoms with E-state index in [2.05, 4.69) is 6.58 Å². The fraction of sp³-hybridized carbons (Fsp3) is 0.182. The number of hydrogen-bond acceptors (Lipinski definition) is 4. The summed E-state index contributed by atoms with van der Waals surface area (Å²) in [6, 6.07) is 3.76. The molecule has 0 heterocycles. The highest BCUT2D eigenvalue weighted by Crippen LogP contribution is 2.31. The van der Waals surface area contributed by atoms with Gasteiger partial charge >= 0.3 is 0 Å². The van der Waals surface area contributed by atoms with Gasteiger partial charge in [0.2, 0.25) is 0 Å². The fourth-order valence-corrected chi connectivity index (χ4v) is 1.47. The summed E-state index contributed by atoms with van der Waals surface area (Å²) < 4.78 is 0. The molecule has 0 saturated carbocycles. The van der Waals surface area contributed by atoms with Gasteiger partial charge in [0.1, 0.15) is 6.10 Å². The number of aliphatic hydroxyl groups excluding tert-OH is 1. The Labute approximate surface area is 102 Å². The lowest BCUT2D eigenvalue weighted by Gasteiger charge is -2.12. The highest BCUT2D eigenvalue weighted by molar-refractivity contribution is 6.30. The maximum atomic E-state index is 11.1. The van der Waals surface area contributed by atoms with Crippen LogP contribution >= 0.6 is 11.6 Å². The number of carbonyl (C=O) groups excluding carboxylic acids is 1. The molecule has 1 N–H and O–H groups in total. The summed E-state index contributed by atoms with van der Waals surface area (Å²) in [7, 11) is 0. The molecule has 5 nitrogen and oxygen atoms in total. The Morgan fingerprint density at radius 1 is 1.59 bits per heavy atom. The number of carbonyl (C=O) groups is 1. The molecule has 17 heavy (non-hydrogen) atoms. The molecule has 0 aliphatic rings. The van der Waals surface area contributed by atoms with Gasteiger partial charge < -0.3 is 5.11 Å². The van der Waals surface area contributed by atoms with E-state index < -0.39 is 16.8 Å². The Kier molecular flexibility index (Phi) is 3.98. The van der Waals surface area contributed by atoms with Crippen molar-refractivity contribution >= 4 is 23.1 Å². The zero-order valence-electron chi connectivity index (χ0n) is 9.01. The smallest absolute Gasteiger partial charge is 0.275 e. The number of rotatable bonds is 4. The molecule has 1 rings (SSSR count). The van der Waals surface area contributed by atoms with Gasteiger partial charge in [-0.25, -0.2) is 0 Å². The van der Waals surface area contributed by atoms with E-state index in [1.165, 1.54) is 25.1 Å². The van der Waals surface area contributed by atoms with Crippen LogP contribution < -0.4 is 0 Å². The first kappa shape index (κ1) is 13.3. The molecule has 1 unspecified atom stereocenters. The minimum atomic E-state index is -1.42. The summed E-state index contributed by atoms with van der Waals surface area (Å²) in [6.07, 6.45) is -1.42. The average molecular weight is 256 g/mol. The Morgan fingerprint density at radius 3 is 2.65 bits per heavy atom. The molecule has 0 aliphatic carbocycles. The molecule has 0 fully saturated rings. The van der Waals surface area contributed by atoms with E-state index in [1.54, 1.807) is 0 Å². The molecule has 1 aromatic carbocycles. The van der Waals surface area contributed by atoms with E-state index in [9.17, 15) is 20.0 Å². The summed E-state index contributed by atoms with van der Waals surface area (Å²) in [6.45, 7) is 4.62. The SMILES string of the molecule is C=C(C(C)=O)C(O)c1cc(Cl)ccc1[N+](=O)[O-]. The van der Waals surface area contributed by atoms with Crippen molar-refractivity contribution in [3.8, 4) is 0 Å². The van der Waals surface area contributed by atoms with E-state index in [0.717, 1.165) is 0 Å². The first-order valence-corrected chi connectivity index (χ1v) is 5.04. The lowest BCUT2D eigenvalue weighted by Crippen LogP contribution is -2.09. The predicted molar refractivity (Wildman–Crippen MR) is 62.9 cm³/mol. The van der Waals surface area contributed by atoms with Gasteiger partial charge in [0.05, 0.1) is 10.5 Å². The van der Waals surface area contributed by atoms with Crippen LogP contribution in [-0.4, -0.2) is 15.8 Å². The maximum absolute atomic E-state index is 11.1. The second kappa shape index (κ2) is 5.07. The van der Waals surface area contributed by atoms with E-state index >= 15 is 0 Å². The summed E-state index contributed by atoms with van der Waals surface area (Å²) in [4.78, 5) is 21.2. The number of aliphatic hydroxyl groups is 1. The van der Waals surface area contributed by atoms with Crippen LogP contribution in [0.1, 0.15) is 18.6 Å². The molecule has 6 heteroatoms. The maximum Gasteiger partial charge on any atom is 0.275 e. The van der Waals surface area contributed by atoms with Gasteiger partial charge in [0, 0.05) is 16.7 Å². The standard InChI is InChI=1S/C11H10ClNO4/c1-6(7(2)14)11(15)9-5-8(12)3-4-10(9)13(16)17/h3-5,11,15H,1H2,2H3. The van der Waals surface area contributed by atoms with E-state index in [4.69, 9.17) is 11.6 Å². The lowest BCUT2D eigenvalue weighted by molar-refractivity contribution is -0.386. The summed E-state index contributed by atoms with van der Waals surface area (Å²) in [5.74, 6) is -0.438. The van der Waals surface area contributed by atoms with Crippen molar-refractivity contribution in [2.75, 3.05) is 0 Å². The molecule has 1 atom stereocenters. The number of nitrogens with zero attached hydrogens (tertiary/aromatic N) is 1. The van der Waals surface area contributed by atoms with Crippen LogP contribution in [-0.2, 0) is 4.79 Å². The van der Waals surface area contributed by atoms with E-state index in [0.29, 0.717) is 0 Å². The van der Waals surface area contributed by atoms with Crippen molar-refractivity contribution < 1.29 is 14.8 Å². The van der Waals surface area contributed by atoms with Crippen LogP contribution in [0.3, 0.4) is 0 Å². The van der Waals surface area contributed by atoms with Crippen LogP contribution in [0.5, 0.6) is 0 Å². The van der Waals surface area contributed by atoms with Crippen LogP contribution in [0, 0.1) is 10.1 Å². The molecular formula is C11H10ClNO4. The lowest BCUT2D eigenvalue weighted by atomic mass is 9.99. The molecule has 0 amide bonds. The number of nitro benzene ring substituents is 1. The fourth-order valence-electron chi connectivity index (χ4n) is 1.29. The van der Waals surface area contributed by atoms with Gasteiger partial charge in [-0.15, -0.1) is 0 Å². The zero-order chi connectivity index (χ0) is 13.2. The first-order chi connectivity index (χ1) is 7.84. The third-order valence-electron chi connectivity index (χ3n) is 2.26. The molecule has 0 saturated heterocycles. The molecule has 1 aromatic rings. The average Bonchev–Trinajstić information content (AvgIpc) is 2.26. The molecular weight excluding hydrogens is 246 g/mol. The minimum Gasteiger partial charge on any atom is -0.383 e. The topological polar surface area (TPSA) is 80.4 Å². The number of ketones is 1. The Morgan fingerprint density at radius 2 is 2.18 bits per heavy atom. The molecule has 0 radical (unpaired) electrons. The number of halogens is 1. The van der Waals surface area contributed by atoms with Crippen molar-refractivity contribution in [3.05, 3.63) is 51.1 Å². The highest BCUT2D eigenvalue weighted by Gasteiger charge is 2.24. The van der Waals surface area contributed by atoms with Gasteiger partial charge in [-0.05, 0) is 19.1 Å². The number of benzene rings is 1. The van der Waals surface area contributed by atoms with Crippen molar-refractivity contribution in [3.63, 3.8) is 0 Å². The summed E-state index contributed by atoms with van der Waals surface area (Å²) in [5.41, 5.74) is -0.456. The molecule has 0 aromatic heterocycles. The van der Waals surface area contributed by atoms with Crippen LogP contribution in [0.15, 0.2) is 30.4 Å². The summed E-state index contributed by atoms with van der Waals surface area (Å²) >= 11 is 5.70. The second-order valence-corrected chi connectivity index (χ2v) is 3.88. The third kappa shape index (κ3) is 2.89. The Bertz CT molecular complexity index is 498. The second-order valence-electron chi connectivity index (χ2n) is 3.44. The van der Waals surface area contributed by atoms with Crippen LogP contribution in [0.2, 0.25) is 5.02 Å². The van der Waals surface area contributed by atoms with Gasteiger partial charge in [0.15, 0.2) is 5.78 Å². The first-order valence-electron chi connectivity index (χ1n) is 4.66. The number of Topliss-reactive ketones (excluding diaryl/α,β-unsaturated/α-hetero) is 1. The minimum absolute atomic E-state index is 0.0392. The van der Waals surface area contributed by atoms with Gasteiger partial charge in [-0.3, -0.25) is 14.9 Å². The van der Waals surface area contributed by atoms with Gasteiger partial charge in [0.25, 0.3) is 5.69 Å². The van der Waals surface area contributed by atoms with Crippen LogP contribution in [0.4, 0.5) is 5.69 Å². The van der Waals surface area contributed by atoms with Gasteiger partial charge in [-0.1, -0.05) is 18.2 Å². The predicted octanol–water partition coefficient (Wildman–Crippen LogP) is 2.43. The summed E-state index contributed by atoms with van der Waals surface area (Å²) in [5, 5.41) is 20.8. The number of hydrogen-bond donors (Lipinski definition) is 1. The van der Waals surface area contributed by atoms with E-state index in [-0.39, 0.29) is 21.8 Å². The zero-order valence-corrected chi connectivity index (χ0v) is 9.77. The normalized spacial score (nSPS) is 11.9.